The first-order valence-electron chi connectivity index (χ1n) is 8.97. The fourth-order valence-corrected chi connectivity index (χ4v) is 3.80. The van der Waals surface area contributed by atoms with Gasteiger partial charge in [0.05, 0.1) is 6.61 Å². The second-order valence-electron chi connectivity index (χ2n) is 7.54. The molecule has 1 aromatic carbocycles. The minimum atomic E-state index is -0.149. The van der Waals surface area contributed by atoms with Crippen molar-refractivity contribution in [3.63, 3.8) is 0 Å². The first kappa shape index (κ1) is 18.1. The van der Waals surface area contributed by atoms with E-state index < -0.39 is 0 Å². The molecule has 3 rings (SSSR count). The molecule has 138 valence electrons. The highest BCUT2D eigenvalue weighted by Gasteiger charge is 2.42. The van der Waals surface area contributed by atoms with Crippen LogP contribution < -0.4 is 5.32 Å². The van der Waals surface area contributed by atoms with Gasteiger partial charge in [0.15, 0.2) is 5.96 Å². The number of benzene rings is 1. The van der Waals surface area contributed by atoms with Gasteiger partial charge in [-0.15, -0.1) is 0 Å². The summed E-state index contributed by atoms with van der Waals surface area (Å²) in [6.07, 6.45) is 2.31. The fourth-order valence-electron chi connectivity index (χ4n) is 3.80. The Labute approximate surface area is 149 Å². The summed E-state index contributed by atoms with van der Waals surface area (Å²) in [5.41, 5.74) is 2.10. The summed E-state index contributed by atoms with van der Waals surface area (Å²) < 4.78 is 19.5. The first-order chi connectivity index (χ1) is 12.0. The van der Waals surface area contributed by atoms with Crippen LogP contribution in [-0.4, -0.2) is 63.2 Å². The van der Waals surface area contributed by atoms with E-state index in [1.807, 2.05) is 38.2 Å². The van der Waals surface area contributed by atoms with Crippen molar-refractivity contribution in [3.05, 3.63) is 35.1 Å². The molecule has 0 aromatic heterocycles. The van der Waals surface area contributed by atoms with Crippen molar-refractivity contribution in [1.82, 2.24) is 15.1 Å². The molecule has 2 fully saturated rings. The summed E-state index contributed by atoms with van der Waals surface area (Å²) in [6.45, 7) is 5.01. The number of rotatable bonds is 4. The maximum Gasteiger partial charge on any atom is 0.193 e. The summed E-state index contributed by atoms with van der Waals surface area (Å²) >= 11 is 0. The molecule has 2 aliphatic rings. The molecule has 0 amide bonds. The SMILES string of the molecule is CN=C(NCc1ccc(F)c(CN(C)C)c1)N1CCC2(CCOC2)C1. The Kier molecular flexibility index (Phi) is 5.59. The second-order valence-corrected chi connectivity index (χ2v) is 7.54. The predicted molar refractivity (Wildman–Crippen MR) is 98.0 cm³/mol. The second kappa shape index (κ2) is 7.70. The molecule has 2 aliphatic heterocycles. The van der Waals surface area contributed by atoms with Crippen molar-refractivity contribution in [2.75, 3.05) is 47.4 Å². The van der Waals surface area contributed by atoms with E-state index in [4.69, 9.17) is 4.74 Å². The third-order valence-corrected chi connectivity index (χ3v) is 5.18. The standard InChI is InChI=1S/C19H29FN4O/c1-21-18(24-8-6-19(13-24)7-9-25-14-19)22-11-15-4-5-17(20)16(10-15)12-23(2)3/h4-5,10H,6-9,11-14H2,1-3H3,(H,21,22). The average Bonchev–Trinajstić information content (AvgIpc) is 3.21. The van der Waals surface area contributed by atoms with Gasteiger partial charge in [-0.1, -0.05) is 6.07 Å². The van der Waals surface area contributed by atoms with Crippen molar-refractivity contribution in [3.8, 4) is 0 Å². The van der Waals surface area contributed by atoms with Gasteiger partial charge in [0.1, 0.15) is 5.82 Å². The number of nitrogens with zero attached hydrogens (tertiary/aromatic N) is 3. The summed E-state index contributed by atoms with van der Waals surface area (Å²) in [4.78, 5) is 8.73. The zero-order chi connectivity index (χ0) is 17.9. The van der Waals surface area contributed by atoms with Crippen molar-refractivity contribution in [2.24, 2.45) is 10.4 Å². The number of likely N-dealkylation sites (tertiary alicyclic amines) is 1. The molecular weight excluding hydrogens is 319 g/mol. The summed E-state index contributed by atoms with van der Waals surface area (Å²) in [5, 5.41) is 3.43. The van der Waals surface area contributed by atoms with E-state index in [1.165, 1.54) is 0 Å². The van der Waals surface area contributed by atoms with E-state index in [2.05, 4.69) is 15.2 Å². The number of halogens is 1. The fraction of sp³-hybridized carbons (Fsp3) is 0.632. The van der Waals surface area contributed by atoms with Gasteiger partial charge in [0.25, 0.3) is 0 Å². The van der Waals surface area contributed by atoms with Crippen LogP contribution >= 0.6 is 0 Å². The summed E-state index contributed by atoms with van der Waals surface area (Å²) in [6, 6.07) is 5.33. The maximum atomic E-state index is 13.9. The van der Waals surface area contributed by atoms with E-state index in [0.29, 0.717) is 18.5 Å². The average molecular weight is 348 g/mol. The molecule has 25 heavy (non-hydrogen) atoms. The smallest absolute Gasteiger partial charge is 0.193 e. The van der Waals surface area contributed by atoms with Gasteiger partial charge in [-0.2, -0.15) is 0 Å². The Morgan fingerprint density at radius 1 is 1.40 bits per heavy atom. The van der Waals surface area contributed by atoms with Crippen LogP contribution in [0.2, 0.25) is 0 Å². The number of hydrogen-bond donors (Lipinski definition) is 1. The number of ether oxygens (including phenoxy) is 1. The van der Waals surface area contributed by atoms with Crippen LogP contribution in [0.3, 0.4) is 0 Å². The minimum absolute atomic E-state index is 0.149. The van der Waals surface area contributed by atoms with Gasteiger partial charge in [-0.05, 0) is 44.6 Å². The third kappa shape index (κ3) is 4.30. The predicted octanol–water partition coefficient (Wildman–Crippen LogP) is 2.08. The third-order valence-electron chi connectivity index (χ3n) is 5.18. The lowest BCUT2D eigenvalue weighted by Gasteiger charge is -2.25. The van der Waals surface area contributed by atoms with Crippen LogP contribution in [0.1, 0.15) is 24.0 Å². The van der Waals surface area contributed by atoms with Crippen LogP contribution in [0.5, 0.6) is 0 Å². The summed E-state index contributed by atoms with van der Waals surface area (Å²) in [5.74, 6) is 0.770. The van der Waals surface area contributed by atoms with Gasteiger partial charge < -0.3 is 19.9 Å². The number of nitrogens with one attached hydrogen (secondary N) is 1. The topological polar surface area (TPSA) is 40.1 Å². The quantitative estimate of drug-likeness (QED) is 0.668. The molecule has 1 N–H and O–H groups in total. The highest BCUT2D eigenvalue weighted by molar-refractivity contribution is 5.80. The van der Waals surface area contributed by atoms with Crippen LogP contribution in [0.4, 0.5) is 4.39 Å². The molecule has 0 radical (unpaired) electrons. The maximum absolute atomic E-state index is 13.9. The van der Waals surface area contributed by atoms with Crippen LogP contribution in [0.15, 0.2) is 23.2 Å². The Morgan fingerprint density at radius 3 is 2.92 bits per heavy atom. The normalized spacial score (nSPS) is 23.9. The van der Waals surface area contributed by atoms with E-state index in [-0.39, 0.29) is 5.82 Å². The van der Waals surface area contributed by atoms with Crippen LogP contribution in [0, 0.1) is 11.2 Å². The Bertz CT molecular complexity index is 626. The molecule has 1 spiro atoms. The Balaban J connectivity index is 1.60. The first-order valence-corrected chi connectivity index (χ1v) is 8.97. The highest BCUT2D eigenvalue weighted by atomic mass is 19.1. The highest BCUT2D eigenvalue weighted by Crippen LogP contribution is 2.38. The number of hydrogen-bond acceptors (Lipinski definition) is 3. The van der Waals surface area contributed by atoms with Crippen molar-refractivity contribution in [2.45, 2.75) is 25.9 Å². The Hall–Kier alpha value is -1.66. The van der Waals surface area contributed by atoms with Crippen molar-refractivity contribution >= 4 is 5.96 Å². The number of guanidine groups is 1. The van der Waals surface area contributed by atoms with Gasteiger partial charge in [-0.25, -0.2) is 4.39 Å². The van der Waals surface area contributed by atoms with Gasteiger partial charge >= 0.3 is 0 Å². The van der Waals surface area contributed by atoms with Gasteiger partial charge in [-0.3, -0.25) is 4.99 Å². The molecule has 0 aliphatic carbocycles. The molecule has 2 heterocycles. The molecule has 5 nitrogen and oxygen atoms in total. The van der Waals surface area contributed by atoms with Crippen LogP contribution in [0.25, 0.3) is 0 Å². The lowest BCUT2D eigenvalue weighted by Crippen LogP contribution is -2.41. The zero-order valence-electron chi connectivity index (χ0n) is 15.5. The van der Waals surface area contributed by atoms with Crippen molar-refractivity contribution in [1.29, 1.82) is 0 Å². The summed E-state index contributed by atoms with van der Waals surface area (Å²) in [7, 11) is 5.71. The lowest BCUT2D eigenvalue weighted by molar-refractivity contribution is 0.156. The van der Waals surface area contributed by atoms with Crippen LogP contribution in [-0.2, 0) is 17.8 Å². The van der Waals surface area contributed by atoms with Gasteiger partial charge in [0.2, 0.25) is 0 Å². The molecule has 2 saturated heterocycles. The molecule has 6 heteroatoms. The molecular formula is C19H29FN4O. The minimum Gasteiger partial charge on any atom is -0.381 e. The van der Waals surface area contributed by atoms with Gasteiger partial charge in [0, 0.05) is 50.8 Å². The van der Waals surface area contributed by atoms with E-state index in [0.717, 1.165) is 56.2 Å². The molecule has 1 unspecified atom stereocenters. The van der Waals surface area contributed by atoms with E-state index >= 15 is 0 Å². The molecule has 1 atom stereocenters. The zero-order valence-corrected chi connectivity index (χ0v) is 15.5. The monoisotopic (exact) mass is 348 g/mol. The molecule has 0 saturated carbocycles. The lowest BCUT2D eigenvalue weighted by atomic mass is 9.87. The molecule has 1 aromatic rings. The molecule has 0 bridgehead atoms. The van der Waals surface area contributed by atoms with E-state index in [9.17, 15) is 4.39 Å². The number of aliphatic imine (C=N–C) groups is 1. The van der Waals surface area contributed by atoms with Crippen molar-refractivity contribution < 1.29 is 9.13 Å². The van der Waals surface area contributed by atoms with E-state index in [1.54, 1.807) is 6.07 Å². The largest absolute Gasteiger partial charge is 0.381 e. The Morgan fingerprint density at radius 2 is 2.24 bits per heavy atom.